The van der Waals surface area contributed by atoms with E-state index in [-0.39, 0.29) is 11.9 Å². The molecule has 4 nitrogen and oxygen atoms in total. The molecule has 1 unspecified atom stereocenters. The van der Waals surface area contributed by atoms with E-state index in [1.807, 2.05) is 25.2 Å². The maximum absolute atomic E-state index is 11.5. The van der Waals surface area contributed by atoms with Gasteiger partial charge in [0, 0.05) is 25.3 Å². The third-order valence-electron chi connectivity index (χ3n) is 3.03. The Balaban J connectivity index is 2.28. The molecule has 1 heterocycles. The van der Waals surface area contributed by atoms with Crippen LogP contribution in [0, 0.1) is 0 Å². The molecule has 1 atom stereocenters. The van der Waals surface area contributed by atoms with Crippen LogP contribution in [0.2, 0.25) is 0 Å². The maximum Gasteiger partial charge on any atom is 0.231 e. The van der Waals surface area contributed by atoms with Crippen LogP contribution in [0.25, 0.3) is 0 Å². The van der Waals surface area contributed by atoms with Crippen molar-refractivity contribution in [1.29, 1.82) is 0 Å². The van der Waals surface area contributed by atoms with Gasteiger partial charge in [0.05, 0.1) is 6.42 Å². The van der Waals surface area contributed by atoms with Crippen LogP contribution < -0.4 is 16.0 Å². The van der Waals surface area contributed by atoms with Gasteiger partial charge in [0.25, 0.3) is 0 Å². The van der Waals surface area contributed by atoms with Crippen LogP contribution in [0.3, 0.4) is 0 Å². The standard InChI is InChI=1S/C12H17N3O/c1-14-7-10(13)8-3-4-11-9(5-8)6-12(16)15(11)2/h3-5,10,14H,6-7,13H2,1-2H3. The van der Waals surface area contributed by atoms with Gasteiger partial charge in [0.2, 0.25) is 5.91 Å². The van der Waals surface area contributed by atoms with E-state index in [4.69, 9.17) is 5.73 Å². The molecule has 2 rings (SSSR count). The lowest BCUT2D eigenvalue weighted by Gasteiger charge is -2.14. The zero-order valence-electron chi connectivity index (χ0n) is 9.66. The summed E-state index contributed by atoms with van der Waals surface area (Å²) in [4.78, 5) is 13.2. The quantitative estimate of drug-likeness (QED) is 0.775. The average molecular weight is 219 g/mol. The number of amides is 1. The number of fused-ring (bicyclic) bond motifs is 1. The van der Waals surface area contributed by atoms with Crippen LogP contribution >= 0.6 is 0 Å². The Morgan fingerprint density at radius 1 is 1.56 bits per heavy atom. The summed E-state index contributed by atoms with van der Waals surface area (Å²) in [6.07, 6.45) is 0.492. The van der Waals surface area contributed by atoms with Crippen molar-refractivity contribution < 1.29 is 4.79 Å². The maximum atomic E-state index is 11.5. The predicted molar refractivity (Wildman–Crippen MR) is 64.4 cm³/mol. The molecular formula is C12H17N3O. The Hall–Kier alpha value is -1.39. The van der Waals surface area contributed by atoms with Gasteiger partial charge in [0.1, 0.15) is 0 Å². The van der Waals surface area contributed by atoms with E-state index in [0.29, 0.717) is 6.42 Å². The first kappa shape index (κ1) is 11.1. The summed E-state index contributed by atoms with van der Waals surface area (Å²) >= 11 is 0. The molecule has 1 aliphatic heterocycles. The Morgan fingerprint density at radius 3 is 3.00 bits per heavy atom. The molecule has 0 saturated carbocycles. The minimum Gasteiger partial charge on any atom is -0.323 e. The summed E-state index contributed by atoms with van der Waals surface area (Å²) in [5.41, 5.74) is 9.17. The number of carbonyl (C=O) groups is 1. The van der Waals surface area contributed by atoms with Crippen LogP contribution in [-0.2, 0) is 11.2 Å². The van der Waals surface area contributed by atoms with Gasteiger partial charge >= 0.3 is 0 Å². The zero-order chi connectivity index (χ0) is 11.7. The molecule has 16 heavy (non-hydrogen) atoms. The van der Waals surface area contributed by atoms with Crippen molar-refractivity contribution in [3.63, 3.8) is 0 Å². The molecular weight excluding hydrogens is 202 g/mol. The highest BCUT2D eigenvalue weighted by Gasteiger charge is 2.24. The van der Waals surface area contributed by atoms with Gasteiger partial charge in [-0.05, 0) is 24.2 Å². The number of rotatable bonds is 3. The summed E-state index contributed by atoms with van der Waals surface area (Å²) in [5.74, 6) is 0.148. The summed E-state index contributed by atoms with van der Waals surface area (Å²) < 4.78 is 0. The number of nitrogens with two attached hydrogens (primary N) is 1. The van der Waals surface area contributed by atoms with Gasteiger partial charge < -0.3 is 16.0 Å². The normalized spacial score (nSPS) is 16.4. The lowest BCUT2D eigenvalue weighted by Crippen LogP contribution is -2.24. The molecule has 0 aliphatic carbocycles. The van der Waals surface area contributed by atoms with Crippen LogP contribution in [0.4, 0.5) is 5.69 Å². The molecule has 0 fully saturated rings. The molecule has 1 aromatic rings. The Bertz CT molecular complexity index is 417. The number of nitrogens with one attached hydrogen (secondary N) is 1. The molecule has 1 amide bonds. The first-order valence-corrected chi connectivity index (χ1v) is 5.43. The molecule has 0 saturated heterocycles. The lowest BCUT2D eigenvalue weighted by atomic mass is 10.0. The van der Waals surface area contributed by atoms with Gasteiger partial charge in [-0.15, -0.1) is 0 Å². The second kappa shape index (κ2) is 4.23. The van der Waals surface area contributed by atoms with E-state index < -0.39 is 0 Å². The van der Waals surface area contributed by atoms with Crippen LogP contribution in [0.5, 0.6) is 0 Å². The summed E-state index contributed by atoms with van der Waals surface area (Å²) in [7, 11) is 3.69. The van der Waals surface area contributed by atoms with Gasteiger partial charge in [0.15, 0.2) is 0 Å². The Kier molecular flexibility index (Phi) is 2.94. The second-order valence-corrected chi connectivity index (χ2v) is 4.18. The highest BCUT2D eigenvalue weighted by atomic mass is 16.2. The molecule has 0 bridgehead atoms. The van der Waals surface area contributed by atoms with Gasteiger partial charge in [-0.1, -0.05) is 12.1 Å². The summed E-state index contributed by atoms with van der Waals surface area (Å²) in [6, 6.07) is 6.00. The number of benzene rings is 1. The first-order chi connectivity index (χ1) is 7.63. The molecule has 0 aromatic heterocycles. The number of hydrogen-bond acceptors (Lipinski definition) is 3. The number of anilines is 1. The van der Waals surface area contributed by atoms with Crippen molar-refractivity contribution in [2.45, 2.75) is 12.5 Å². The highest BCUT2D eigenvalue weighted by molar-refractivity contribution is 6.00. The fourth-order valence-corrected chi connectivity index (χ4v) is 2.06. The smallest absolute Gasteiger partial charge is 0.231 e. The SMILES string of the molecule is CNCC(N)c1ccc2c(c1)CC(=O)N2C. The fourth-order valence-electron chi connectivity index (χ4n) is 2.06. The lowest BCUT2D eigenvalue weighted by molar-refractivity contribution is -0.117. The van der Waals surface area contributed by atoms with Crippen molar-refractivity contribution in [3.8, 4) is 0 Å². The predicted octanol–water partition coefficient (Wildman–Crippen LogP) is 0.425. The molecule has 1 aliphatic rings. The van der Waals surface area contributed by atoms with Gasteiger partial charge in [-0.2, -0.15) is 0 Å². The monoisotopic (exact) mass is 219 g/mol. The Morgan fingerprint density at radius 2 is 2.31 bits per heavy atom. The molecule has 0 radical (unpaired) electrons. The van der Waals surface area contributed by atoms with Gasteiger partial charge in [-0.25, -0.2) is 0 Å². The largest absolute Gasteiger partial charge is 0.323 e. The number of nitrogens with zero attached hydrogens (tertiary/aromatic N) is 1. The third-order valence-corrected chi connectivity index (χ3v) is 3.03. The molecule has 4 heteroatoms. The topological polar surface area (TPSA) is 58.4 Å². The molecule has 3 N–H and O–H groups in total. The van der Waals surface area contributed by atoms with Crippen LogP contribution in [-0.4, -0.2) is 26.5 Å². The van der Waals surface area contributed by atoms with E-state index in [0.717, 1.165) is 23.4 Å². The molecule has 0 spiro atoms. The van der Waals surface area contributed by atoms with E-state index >= 15 is 0 Å². The number of hydrogen-bond donors (Lipinski definition) is 2. The summed E-state index contributed by atoms with van der Waals surface area (Å²) in [5, 5.41) is 3.05. The molecule has 86 valence electrons. The van der Waals surface area contributed by atoms with Crippen LogP contribution in [0.15, 0.2) is 18.2 Å². The number of carbonyl (C=O) groups excluding carboxylic acids is 1. The van der Waals surface area contributed by atoms with Crippen molar-refractivity contribution in [2.75, 3.05) is 25.5 Å². The van der Waals surface area contributed by atoms with E-state index in [9.17, 15) is 4.79 Å². The van der Waals surface area contributed by atoms with E-state index in [1.54, 1.807) is 11.9 Å². The van der Waals surface area contributed by atoms with Crippen LogP contribution in [0.1, 0.15) is 17.2 Å². The van der Waals surface area contributed by atoms with E-state index in [2.05, 4.69) is 5.32 Å². The molecule has 1 aromatic carbocycles. The van der Waals surface area contributed by atoms with Crippen molar-refractivity contribution in [1.82, 2.24) is 5.32 Å². The average Bonchev–Trinajstić information content (AvgIpc) is 2.55. The van der Waals surface area contributed by atoms with Crippen molar-refractivity contribution in [3.05, 3.63) is 29.3 Å². The minimum atomic E-state index is -0.0173. The minimum absolute atomic E-state index is 0.0173. The first-order valence-electron chi connectivity index (χ1n) is 5.43. The van der Waals surface area contributed by atoms with Crippen molar-refractivity contribution >= 4 is 11.6 Å². The number of likely N-dealkylation sites (N-methyl/N-ethyl adjacent to an activating group) is 2. The van der Waals surface area contributed by atoms with E-state index in [1.165, 1.54) is 0 Å². The van der Waals surface area contributed by atoms with Crippen molar-refractivity contribution in [2.24, 2.45) is 5.73 Å². The Labute approximate surface area is 95.4 Å². The third kappa shape index (κ3) is 1.81. The van der Waals surface area contributed by atoms with Gasteiger partial charge in [-0.3, -0.25) is 4.79 Å². The fraction of sp³-hybridized carbons (Fsp3) is 0.417. The second-order valence-electron chi connectivity index (χ2n) is 4.18. The highest BCUT2D eigenvalue weighted by Crippen LogP contribution is 2.29. The summed E-state index contributed by atoms with van der Waals surface area (Å²) in [6.45, 7) is 0.739. The zero-order valence-corrected chi connectivity index (χ0v) is 9.66.